The Balaban J connectivity index is 2.61. The third kappa shape index (κ3) is 3.21. The maximum atomic E-state index is 12.0. The van der Waals surface area contributed by atoms with Crippen LogP contribution in [0.1, 0.15) is 12.5 Å². The van der Waals surface area contributed by atoms with E-state index in [0.29, 0.717) is 12.1 Å². The second kappa shape index (κ2) is 6.22. The summed E-state index contributed by atoms with van der Waals surface area (Å²) in [7, 11) is 0. The fraction of sp³-hybridized carbons (Fsp3) is 0.333. The number of hydrogen-bond acceptors (Lipinski definition) is 4. The SMILES string of the molecule is CSC(C)Cn1c(O)c(-c2ccc(C)cc2)c(=O)[nH]c1=O. The van der Waals surface area contributed by atoms with Gasteiger partial charge < -0.3 is 5.11 Å². The first-order valence-corrected chi connectivity index (χ1v) is 7.88. The van der Waals surface area contributed by atoms with E-state index in [1.807, 2.05) is 32.2 Å². The average molecular weight is 306 g/mol. The molecule has 1 aromatic carbocycles. The van der Waals surface area contributed by atoms with Crippen molar-refractivity contribution in [1.29, 1.82) is 0 Å². The third-order valence-corrected chi connectivity index (χ3v) is 4.31. The molecule has 112 valence electrons. The van der Waals surface area contributed by atoms with E-state index in [2.05, 4.69) is 4.98 Å². The van der Waals surface area contributed by atoms with Crippen LogP contribution in [0.2, 0.25) is 0 Å². The maximum absolute atomic E-state index is 12.0. The monoisotopic (exact) mass is 306 g/mol. The first kappa shape index (κ1) is 15.4. The van der Waals surface area contributed by atoms with Crippen LogP contribution in [0.4, 0.5) is 0 Å². The quantitative estimate of drug-likeness (QED) is 0.905. The van der Waals surface area contributed by atoms with Crippen LogP contribution in [0, 0.1) is 6.92 Å². The number of nitrogens with one attached hydrogen (secondary N) is 1. The summed E-state index contributed by atoms with van der Waals surface area (Å²) in [6.07, 6.45) is 1.93. The molecule has 0 radical (unpaired) electrons. The van der Waals surface area contributed by atoms with Gasteiger partial charge in [0.1, 0.15) is 5.56 Å². The Morgan fingerprint density at radius 1 is 1.29 bits per heavy atom. The summed E-state index contributed by atoms with van der Waals surface area (Å²) < 4.78 is 1.21. The van der Waals surface area contributed by atoms with Crippen molar-refractivity contribution in [1.82, 2.24) is 9.55 Å². The van der Waals surface area contributed by atoms with Gasteiger partial charge >= 0.3 is 5.69 Å². The van der Waals surface area contributed by atoms with Crippen LogP contribution in [0.15, 0.2) is 33.9 Å². The summed E-state index contributed by atoms with van der Waals surface area (Å²) in [5.41, 5.74) is 0.607. The second-order valence-corrected chi connectivity index (χ2v) is 6.26. The highest BCUT2D eigenvalue weighted by Crippen LogP contribution is 2.25. The number of aromatic hydroxyl groups is 1. The smallest absolute Gasteiger partial charge is 0.331 e. The molecule has 2 aromatic rings. The summed E-state index contributed by atoms with van der Waals surface area (Å²) in [4.78, 5) is 26.2. The number of nitrogens with zero attached hydrogens (tertiary/aromatic N) is 1. The number of benzene rings is 1. The van der Waals surface area contributed by atoms with Crippen LogP contribution >= 0.6 is 11.8 Å². The Labute approximate surface area is 126 Å². The van der Waals surface area contributed by atoms with Crippen LogP contribution in [0.3, 0.4) is 0 Å². The molecule has 0 aliphatic heterocycles. The lowest BCUT2D eigenvalue weighted by atomic mass is 10.1. The van der Waals surface area contributed by atoms with Gasteiger partial charge in [-0.1, -0.05) is 36.8 Å². The molecule has 2 rings (SSSR count). The Hall–Kier alpha value is -1.95. The van der Waals surface area contributed by atoms with Crippen molar-refractivity contribution < 1.29 is 5.11 Å². The minimum absolute atomic E-state index is 0.128. The highest BCUT2D eigenvalue weighted by atomic mass is 32.2. The molecule has 0 aliphatic carbocycles. The van der Waals surface area contributed by atoms with E-state index in [1.165, 1.54) is 4.57 Å². The van der Waals surface area contributed by atoms with Crippen molar-refractivity contribution >= 4 is 11.8 Å². The third-order valence-electron chi connectivity index (χ3n) is 3.35. The van der Waals surface area contributed by atoms with Crippen molar-refractivity contribution in [3.63, 3.8) is 0 Å². The van der Waals surface area contributed by atoms with Gasteiger partial charge in [0.2, 0.25) is 5.88 Å². The molecule has 1 aromatic heterocycles. The van der Waals surface area contributed by atoms with Gasteiger partial charge in [0.05, 0.1) is 0 Å². The zero-order chi connectivity index (χ0) is 15.6. The lowest BCUT2D eigenvalue weighted by Crippen LogP contribution is -2.32. The maximum Gasteiger partial charge on any atom is 0.331 e. The molecule has 6 heteroatoms. The van der Waals surface area contributed by atoms with Crippen LogP contribution < -0.4 is 11.2 Å². The molecule has 0 bridgehead atoms. The van der Waals surface area contributed by atoms with E-state index in [0.717, 1.165) is 5.56 Å². The first-order valence-electron chi connectivity index (χ1n) is 6.60. The molecule has 0 amide bonds. The predicted octanol–water partition coefficient (Wildman–Crippen LogP) is 1.97. The summed E-state index contributed by atoms with van der Waals surface area (Å²) in [6.45, 7) is 4.23. The van der Waals surface area contributed by atoms with E-state index >= 15 is 0 Å². The number of aromatic nitrogens is 2. The van der Waals surface area contributed by atoms with Gasteiger partial charge in [0, 0.05) is 11.8 Å². The number of aryl methyl sites for hydroxylation is 1. The van der Waals surface area contributed by atoms with Gasteiger partial charge in [-0.3, -0.25) is 14.3 Å². The van der Waals surface area contributed by atoms with E-state index in [-0.39, 0.29) is 16.7 Å². The normalized spacial score (nSPS) is 12.3. The lowest BCUT2D eigenvalue weighted by Gasteiger charge is -2.14. The number of thioether (sulfide) groups is 1. The average Bonchev–Trinajstić information content (AvgIpc) is 2.45. The summed E-state index contributed by atoms with van der Waals surface area (Å²) >= 11 is 1.58. The molecule has 0 saturated heterocycles. The molecule has 1 unspecified atom stereocenters. The second-order valence-electron chi connectivity index (χ2n) is 4.98. The van der Waals surface area contributed by atoms with E-state index in [1.54, 1.807) is 23.9 Å². The van der Waals surface area contributed by atoms with Crippen molar-refractivity contribution in [2.24, 2.45) is 0 Å². The molecule has 5 nitrogen and oxygen atoms in total. The molecular formula is C15H18N2O3S. The fourth-order valence-corrected chi connectivity index (χ4v) is 2.34. The minimum Gasteiger partial charge on any atom is -0.494 e. The van der Waals surface area contributed by atoms with Gasteiger partial charge in [-0.2, -0.15) is 11.8 Å². The fourth-order valence-electron chi connectivity index (χ4n) is 2.04. The van der Waals surface area contributed by atoms with Gasteiger partial charge in [-0.15, -0.1) is 0 Å². The molecule has 21 heavy (non-hydrogen) atoms. The van der Waals surface area contributed by atoms with Crippen LogP contribution in [-0.2, 0) is 6.54 Å². The van der Waals surface area contributed by atoms with Crippen LogP contribution in [0.25, 0.3) is 11.1 Å². The largest absolute Gasteiger partial charge is 0.494 e. The number of H-pyrrole nitrogens is 1. The van der Waals surface area contributed by atoms with E-state index in [4.69, 9.17) is 0 Å². The Kier molecular flexibility index (Phi) is 4.57. The molecule has 0 fully saturated rings. The molecule has 0 spiro atoms. The number of hydrogen-bond donors (Lipinski definition) is 2. The number of aromatic amines is 1. The summed E-state index contributed by atoms with van der Waals surface area (Å²) in [5, 5.41) is 10.5. The topological polar surface area (TPSA) is 75.1 Å². The minimum atomic E-state index is -0.589. The molecular weight excluding hydrogens is 288 g/mol. The lowest BCUT2D eigenvalue weighted by molar-refractivity contribution is 0.403. The van der Waals surface area contributed by atoms with E-state index < -0.39 is 11.2 Å². The molecule has 0 aliphatic rings. The molecule has 2 N–H and O–H groups in total. The first-order chi connectivity index (χ1) is 9.93. The summed E-state index contributed by atoms with van der Waals surface area (Å²) in [5.74, 6) is -0.284. The molecule has 1 heterocycles. The van der Waals surface area contributed by atoms with Gasteiger partial charge in [-0.25, -0.2) is 4.79 Å². The standard InChI is InChI=1S/C15H18N2O3S/c1-9-4-6-11(7-5-9)12-13(18)16-15(20)17(14(12)19)8-10(2)21-3/h4-7,10,19H,8H2,1-3H3,(H,16,18,20). The van der Waals surface area contributed by atoms with Gasteiger partial charge in [0.25, 0.3) is 5.56 Å². The van der Waals surface area contributed by atoms with Crippen LogP contribution in [0.5, 0.6) is 5.88 Å². The highest BCUT2D eigenvalue weighted by Gasteiger charge is 2.17. The van der Waals surface area contributed by atoms with Crippen molar-refractivity contribution in [3.8, 4) is 17.0 Å². The van der Waals surface area contributed by atoms with Crippen molar-refractivity contribution in [3.05, 3.63) is 50.7 Å². The Bertz CT molecular complexity index is 747. The Morgan fingerprint density at radius 2 is 1.90 bits per heavy atom. The zero-order valence-corrected chi connectivity index (χ0v) is 13.0. The molecule has 1 atom stereocenters. The Morgan fingerprint density at radius 3 is 2.48 bits per heavy atom. The number of rotatable bonds is 4. The molecule has 0 saturated carbocycles. The van der Waals surface area contributed by atoms with Crippen LogP contribution in [-0.4, -0.2) is 26.2 Å². The highest BCUT2D eigenvalue weighted by molar-refractivity contribution is 7.99. The van der Waals surface area contributed by atoms with Gasteiger partial charge in [0.15, 0.2) is 0 Å². The van der Waals surface area contributed by atoms with Crippen molar-refractivity contribution in [2.45, 2.75) is 25.6 Å². The van der Waals surface area contributed by atoms with E-state index in [9.17, 15) is 14.7 Å². The van der Waals surface area contributed by atoms with Crippen molar-refractivity contribution in [2.75, 3.05) is 6.26 Å². The summed E-state index contributed by atoms with van der Waals surface area (Å²) in [6, 6.07) is 7.22. The zero-order valence-electron chi connectivity index (χ0n) is 12.2. The predicted molar refractivity (Wildman–Crippen MR) is 86.1 cm³/mol. The van der Waals surface area contributed by atoms with Gasteiger partial charge in [-0.05, 0) is 18.7 Å².